The summed E-state index contributed by atoms with van der Waals surface area (Å²) >= 11 is 1.56. The van der Waals surface area contributed by atoms with Crippen molar-refractivity contribution in [2.45, 2.75) is 25.4 Å². The number of pyridine rings is 1. The van der Waals surface area contributed by atoms with E-state index in [9.17, 15) is 4.79 Å². The maximum Gasteiger partial charge on any atom is 0.154 e. The minimum Gasteiger partial charge on any atom is -0.384 e. The smallest absolute Gasteiger partial charge is 0.154 e. The molecule has 0 aliphatic rings. The first-order valence-corrected chi connectivity index (χ1v) is 11.1. The summed E-state index contributed by atoms with van der Waals surface area (Å²) in [4.78, 5) is 21.6. The van der Waals surface area contributed by atoms with Crippen LogP contribution in [0.25, 0.3) is 11.1 Å². The number of aromatic nitrogens is 2. The van der Waals surface area contributed by atoms with Crippen LogP contribution in [0.2, 0.25) is 0 Å². The number of Topliss-reactive ketones (excluding diaryl/α,β-unsaturated/α-hetero) is 1. The molecule has 0 amide bonds. The molecular formula is C25H24N4OS. The third-order valence-electron chi connectivity index (χ3n) is 5.10. The monoisotopic (exact) mass is 428 g/mol. The van der Waals surface area contributed by atoms with Gasteiger partial charge in [0, 0.05) is 24.5 Å². The van der Waals surface area contributed by atoms with Gasteiger partial charge in [-0.15, -0.1) is 11.3 Å². The van der Waals surface area contributed by atoms with Gasteiger partial charge in [0.1, 0.15) is 5.82 Å². The lowest BCUT2D eigenvalue weighted by molar-refractivity contribution is -0.120. The molecule has 0 saturated heterocycles. The minimum absolute atomic E-state index is 0.158. The van der Waals surface area contributed by atoms with Crippen LogP contribution in [0.3, 0.4) is 0 Å². The Morgan fingerprint density at radius 3 is 2.55 bits per heavy atom. The molecule has 1 atom stereocenters. The van der Waals surface area contributed by atoms with Gasteiger partial charge < -0.3 is 11.1 Å². The highest BCUT2D eigenvalue weighted by atomic mass is 32.1. The van der Waals surface area contributed by atoms with Crippen LogP contribution in [0.1, 0.15) is 16.8 Å². The molecule has 31 heavy (non-hydrogen) atoms. The van der Waals surface area contributed by atoms with Gasteiger partial charge in [-0.2, -0.15) is 0 Å². The van der Waals surface area contributed by atoms with E-state index in [0.717, 1.165) is 27.9 Å². The van der Waals surface area contributed by atoms with Crippen LogP contribution in [-0.4, -0.2) is 21.8 Å². The molecule has 0 saturated carbocycles. The summed E-state index contributed by atoms with van der Waals surface area (Å²) < 4.78 is 0. The zero-order valence-electron chi connectivity index (χ0n) is 17.1. The maximum atomic E-state index is 13.3. The van der Waals surface area contributed by atoms with E-state index in [1.165, 1.54) is 0 Å². The first-order valence-electron chi connectivity index (χ1n) is 10.2. The summed E-state index contributed by atoms with van der Waals surface area (Å²) in [5, 5.41) is 5.42. The number of nitrogens with one attached hydrogen (secondary N) is 1. The summed E-state index contributed by atoms with van der Waals surface area (Å²) in [6.45, 7) is 0.572. The van der Waals surface area contributed by atoms with Crippen LogP contribution in [0.5, 0.6) is 0 Å². The Hall–Kier alpha value is -3.35. The lowest BCUT2D eigenvalue weighted by atomic mass is 9.96. The Bertz CT molecular complexity index is 1130. The Balaban J connectivity index is 1.50. The van der Waals surface area contributed by atoms with Crippen molar-refractivity contribution in [1.82, 2.24) is 15.3 Å². The molecule has 4 rings (SSSR count). The number of anilines is 1. The molecule has 0 fully saturated rings. The largest absolute Gasteiger partial charge is 0.384 e. The van der Waals surface area contributed by atoms with Crippen molar-refractivity contribution in [1.29, 1.82) is 0 Å². The zero-order chi connectivity index (χ0) is 21.5. The molecule has 2 heterocycles. The highest BCUT2D eigenvalue weighted by Gasteiger charge is 2.19. The van der Waals surface area contributed by atoms with Crippen molar-refractivity contribution >= 4 is 22.9 Å². The molecule has 0 aliphatic heterocycles. The fourth-order valence-corrected chi connectivity index (χ4v) is 4.07. The van der Waals surface area contributed by atoms with E-state index in [0.29, 0.717) is 25.2 Å². The number of rotatable bonds is 9. The third-order valence-corrected chi connectivity index (χ3v) is 5.74. The highest BCUT2D eigenvalue weighted by molar-refractivity contribution is 7.07. The molecule has 0 bridgehead atoms. The van der Waals surface area contributed by atoms with Crippen LogP contribution >= 0.6 is 11.3 Å². The number of nitrogen functional groups attached to an aromatic ring is 1. The second kappa shape index (κ2) is 10.1. The number of ketones is 1. The number of carbonyl (C=O) groups is 1. The van der Waals surface area contributed by atoms with Crippen molar-refractivity contribution in [3.63, 3.8) is 0 Å². The van der Waals surface area contributed by atoms with Gasteiger partial charge in [0.15, 0.2) is 5.78 Å². The van der Waals surface area contributed by atoms with Crippen LogP contribution in [0.15, 0.2) is 83.8 Å². The van der Waals surface area contributed by atoms with Crippen molar-refractivity contribution in [2.75, 3.05) is 5.73 Å². The Morgan fingerprint density at radius 2 is 1.77 bits per heavy atom. The van der Waals surface area contributed by atoms with Gasteiger partial charge in [-0.3, -0.25) is 4.79 Å². The van der Waals surface area contributed by atoms with Crippen molar-refractivity contribution in [3.8, 4) is 11.1 Å². The van der Waals surface area contributed by atoms with E-state index in [1.54, 1.807) is 17.5 Å². The van der Waals surface area contributed by atoms with E-state index in [4.69, 9.17) is 5.73 Å². The fraction of sp³-hybridized carbons (Fsp3) is 0.160. The van der Waals surface area contributed by atoms with Crippen molar-refractivity contribution in [2.24, 2.45) is 0 Å². The SMILES string of the molecule is Nc1cc(-c2cccc(CC(=O)[C@H](Cc3ccccc3)NCc3cscn3)c2)ccn1. The molecule has 5 nitrogen and oxygen atoms in total. The molecule has 2 aromatic heterocycles. The fourth-order valence-electron chi connectivity index (χ4n) is 3.52. The molecular weight excluding hydrogens is 404 g/mol. The standard InChI is InChI=1S/C25H24N4OS/c26-25-14-21(9-10-27-25)20-8-4-7-19(11-20)13-24(30)23(12-18-5-2-1-3-6-18)28-15-22-16-31-17-29-22/h1-11,14,16-17,23,28H,12-13,15H2,(H2,26,27)/t23-/m0/s1. The normalized spacial score (nSPS) is 11.9. The van der Waals surface area contributed by atoms with E-state index >= 15 is 0 Å². The first kappa shape index (κ1) is 20.9. The Morgan fingerprint density at radius 1 is 0.968 bits per heavy atom. The average molecular weight is 429 g/mol. The van der Waals surface area contributed by atoms with Gasteiger partial charge in [-0.05, 0) is 40.8 Å². The highest BCUT2D eigenvalue weighted by Crippen LogP contribution is 2.22. The van der Waals surface area contributed by atoms with E-state index in [2.05, 4.69) is 27.4 Å². The number of thiazole rings is 1. The molecule has 2 aromatic carbocycles. The lowest BCUT2D eigenvalue weighted by Crippen LogP contribution is -2.39. The summed E-state index contributed by atoms with van der Waals surface area (Å²) in [6, 6.07) is 21.6. The predicted octanol–water partition coefficient (Wildman–Crippen LogP) is 4.30. The maximum absolute atomic E-state index is 13.3. The van der Waals surface area contributed by atoms with Gasteiger partial charge >= 0.3 is 0 Å². The second-order valence-corrected chi connectivity index (χ2v) is 8.13. The van der Waals surface area contributed by atoms with Gasteiger partial charge in [0.05, 0.1) is 17.2 Å². The zero-order valence-corrected chi connectivity index (χ0v) is 17.9. The number of hydrogen-bond donors (Lipinski definition) is 2. The molecule has 4 aromatic rings. The summed E-state index contributed by atoms with van der Waals surface area (Å²) in [5.41, 5.74) is 12.7. The number of nitrogens with two attached hydrogens (primary N) is 1. The molecule has 0 aliphatic carbocycles. The minimum atomic E-state index is -0.288. The Kier molecular flexibility index (Phi) is 6.82. The number of benzene rings is 2. The molecule has 6 heteroatoms. The van der Waals surface area contributed by atoms with Crippen molar-refractivity contribution < 1.29 is 4.79 Å². The Labute approximate surface area is 186 Å². The summed E-state index contributed by atoms with van der Waals surface area (Å²) in [6.07, 6.45) is 2.70. The van der Waals surface area contributed by atoms with Crippen LogP contribution in [0.4, 0.5) is 5.82 Å². The average Bonchev–Trinajstić information content (AvgIpc) is 3.31. The van der Waals surface area contributed by atoms with E-state index < -0.39 is 0 Å². The molecule has 156 valence electrons. The number of nitrogens with zero attached hydrogens (tertiary/aromatic N) is 2. The lowest BCUT2D eigenvalue weighted by Gasteiger charge is -2.18. The van der Waals surface area contributed by atoms with Gasteiger partial charge in [-0.1, -0.05) is 54.6 Å². The quantitative estimate of drug-likeness (QED) is 0.415. The van der Waals surface area contributed by atoms with E-state index in [1.807, 2.05) is 65.5 Å². The van der Waals surface area contributed by atoms with Gasteiger partial charge in [-0.25, -0.2) is 9.97 Å². The number of hydrogen-bond acceptors (Lipinski definition) is 6. The predicted molar refractivity (Wildman–Crippen MR) is 126 cm³/mol. The summed E-state index contributed by atoms with van der Waals surface area (Å²) in [7, 11) is 0. The number of carbonyl (C=O) groups excluding carboxylic acids is 1. The van der Waals surface area contributed by atoms with Gasteiger partial charge in [0.25, 0.3) is 0 Å². The second-order valence-electron chi connectivity index (χ2n) is 7.42. The molecule has 0 unspecified atom stereocenters. The van der Waals surface area contributed by atoms with E-state index in [-0.39, 0.29) is 11.8 Å². The molecule has 0 radical (unpaired) electrons. The molecule has 0 spiro atoms. The molecule has 3 N–H and O–H groups in total. The van der Waals surface area contributed by atoms with Crippen molar-refractivity contribution in [3.05, 3.63) is 101 Å². The van der Waals surface area contributed by atoms with Crippen LogP contribution < -0.4 is 11.1 Å². The topological polar surface area (TPSA) is 80.9 Å². The van der Waals surface area contributed by atoms with Gasteiger partial charge in [0.2, 0.25) is 0 Å². The third kappa shape index (κ3) is 5.84. The van der Waals surface area contributed by atoms with Crippen LogP contribution in [-0.2, 0) is 24.2 Å². The first-order chi connectivity index (χ1) is 15.2. The summed E-state index contributed by atoms with van der Waals surface area (Å²) in [5.74, 6) is 0.638. The van der Waals surface area contributed by atoms with Crippen LogP contribution in [0, 0.1) is 0 Å².